The third kappa shape index (κ3) is 9.77. The fraction of sp³-hybridized carbons (Fsp3) is 0.533. The predicted octanol–water partition coefficient (Wildman–Crippen LogP) is 1.08. The molecule has 202 valence electrons. The molecule has 0 spiro atoms. The Morgan fingerprint density at radius 1 is 1.08 bits per heavy atom. The molecule has 2 atom stereocenters. The first-order valence-electron chi connectivity index (χ1n) is 13.5. The van der Waals surface area contributed by atoms with E-state index in [1.165, 1.54) is 43.9 Å². The minimum Gasteiger partial charge on any atom is -0.548 e. The first-order valence-corrected chi connectivity index (χ1v) is 14.9. The maximum Gasteiger partial charge on any atom is 1.00 e. The first-order chi connectivity index (χ1) is 17.9. The Labute approximate surface area is 243 Å². The average molecular weight is 533 g/mol. The van der Waals surface area contributed by atoms with Gasteiger partial charge in [-0.3, -0.25) is 4.79 Å². The third-order valence-electron chi connectivity index (χ3n) is 7.38. The van der Waals surface area contributed by atoms with Gasteiger partial charge in [0.25, 0.3) is 5.91 Å². The maximum absolute atomic E-state index is 13.3. The monoisotopic (exact) mass is 532 g/mol. The van der Waals surface area contributed by atoms with E-state index in [1.807, 2.05) is 49.6 Å². The van der Waals surface area contributed by atoms with Crippen LogP contribution in [0.15, 0.2) is 42.5 Å². The number of hydrogen-bond donors (Lipinski definition) is 3. The molecule has 0 aromatic heterocycles. The Kier molecular flexibility index (Phi) is 14.6. The summed E-state index contributed by atoms with van der Waals surface area (Å²) in [5.74, 6) is -0.351. The molecule has 1 aliphatic carbocycles. The number of carboxylic acids is 1. The van der Waals surface area contributed by atoms with Crippen LogP contribution in [0.4, 0.5) is 0 Å². The van der Waals surface area contributed by atoms with Crippen LogP contribution in [0, 0.1) is 12.8 Å². The van der Waals surface area contributed by atoms with Gasteiger partial charge in [0.05, 0.1) is 12.0 Å². The van der Waals surface area contributed by atoms with Crippen LogP contribution in [0.25, 0.3) is 11.1 Å². The van der Waals surface area contributed by atoms with Crippen LogP contribution in [-0.4, -0.2) is 47.7 Å². The molecule has 2 unspecified atom stereocenters. The van der Waals surface area contributed by atoms with Gasteiger partial charge in [0, 0.05) is 24.8 Å². The molecule has 0 heterocycles. The van der Waals surface area contributed by atoms with Gasteiger partial charge in [-0.05, 0) is 78.5 Å². The summed E-state index contributed by atoms with van der Waals surface area (Å²) in [6, 6.07) is 12.8. The molecular formula is C30H41LiN2O4S. The Morgan fingerprint density at radius 2 is 1.82 bits per heavy atom. The number of carbonyl (C=O) groups is 2. The van der Waals surface area contributed by atoms with Crippen molar-refractivity contribution in [3.63, 3.8) is 0 Å². The van der Waals surface area contributed by atoms with Crippen molar-refractivity contribution in [3.05, 3.63) is 59.2 Å². The van der Waals surface area contributed by atoms with E-state index in [0.717, 1.165) is 35.1 Å². The van der Waals surface area contributed by atoms with Crippen LogP contribution in [0.3, 0.4) is 0 Å². The van der Waals surface area contributed by atoms with E-state index in [4.69, 9.17) is 0 Å². The van der Waals surface area contributed by atoms with Crippen molar-refractivity contribution in [2.75, 3.05) is 18.6 Å². The van der Waals surface area contributed by atoms with Gasteiger partial charge in [-0.25, -0.2) is 0 Å². The van der Waals surface area contributed by atoms with Gasteiger partial charge in [0.15, 0.2) is 0 Å². The smallest absolute Gasteiger partial charge is 0.548 e. The molecule has 1 fully saturated rings. The van der Waals surface area contributed by atoms with Gasteiger partial charge in [-0.15, -0.1) is 0 Å². The number of carboxylic acid groups (broad SMARTS) is 1. The van der Waals surface area contributed by atoms with Crippen LogP contribution in [0.1, 0.15) is 72.9 Å². The molecule has 1 amide bonds. The summed E-state index contributed by atoms with van der Waals surface area (Å²) >= 11 is 1.53. The summed E-state index contributed by atoms with van der Waals surface area (Å²) < 4.78 is 0. The number of nitrogens with one attached hydrogen (secondary N) is 2. The summed E-state index contributed by atoms with van der Waals surface area (Å²) in [5, 5.41) is 27.6. The van der Waals surface area contributed by atoms with Crippen molar-refractivity contribution in [3.8, 4) is 11.1 Å². The van der Waals surface area contributed by atoms with Gasteiger partial charge in [-0.1, -0.05) is 62.4 Å². The molecule has 0 aliphatic heterocycles. The van der Waals surface area contributed by atoms with Gasteiger partial charge in [-0.2, -0.15) is 11.8 Å². The van der Waals surface area contributed by atoms with Gasteiger partial charge < -0.3 is 25.6 Å². The topological polar surface area (TPSA) is 101 Å². The molecule has 0 saturated heterocycles. The fourth-order valence-corrected chi connectivity index (χ4v) is 5.74. The number of thioether (sulfide) groups is 1. The second-order valence-electron chi connectivity index (χ2n) is 10.2. The van der Waals surface area contributed by atoms with Crippen LogP contribution in [0.5, 0.6) is 0 Å². The van der Waals surface area contributed by atoms with E-state index in [2.05, 4.69) is 10.6 Å². The Balaban J connectivity index is 0.00000507. The number of aliphatic hydroxyl groups excluding tert-OH is 1. The number of rotatable bonds is 14. The summed E-state index contributed by atoms with van der Waals surface area (Å²) in [6.07, 6.45) is 10.5. The number of carbonyl (C=O) groups excluding carboxylic acids is 2. The van der Waals surface area contributed by atoms with E-state index in [9.17, 15) is 19.8 Å². The van der Waals surface area contributed by atoms with Gasteiger partial charge in [0.1, 0.15) is 0 Å². The normalized spacial score (nSPS) is 15.3. The molecule has 1 aliphatic rings. The molecule has 0 bridgehead atoms. The second-order valence-corrected chi connectivity index (χ2v) is 11.1. The molecule has 8 heteroatoms. The number of aryl methyl sites for hydroxylation is 1. The van der Waals surface area contributed by atoms with Gasteiger partial charge in [0.2, 0.25) is 0 Å². The zero-order valence-corrected chi connectivity index (χ0v) is 23.9. The summed E-state index contributed by atoms with van der Waals surface area (Å²) in [5.41, 5.74) is 4.25. The quantitative estimate of drug-likeness (QED) is 0.315. The van der Waals surface area contributed by atoms with Crippen LogP contribution in [-0.2, 0) is 11.3 Å². The SMILES string of the molecule is CSCCC(NC(=O)c1ccc(CNC(CCO)CC2CCCCC2)cc1-c1ccccc1C)C(=O)[O-].[Li+]. The first kappa shape index (κ1) is 32.5. The molecular weight excluding hydrogens is 491 g/mol. The minimum absolute atomic E-state index is 0. The minimum atomic E-state index is -1.27. The second kappa shape index (κ2) is 17.0. The van der Waals surface area contributed by atoms with Crippen LogP contribution >= 0.6 is 11.8 Å². The van der Waals surface area contributed by atoms with Crippen molar-refractivity contribution in [1.82, 2.24) is 10.6 Å². The fourth-order valence-electron chi connectivity index (χ4n) is 5.26. The van der Waals surface area contributed by atoms with Gasteiger partial charge >= 0.3 is 18.9 Å². The van der Waals surface area contributed by atoms with Crippen molar-refractivity contribution in [2.24, 2.45) is 5.92 Å². The molecule has 3 rings (SSSR count). The number of hydrogen-bond acceptors (Lipinski definition) is 6. The molecule has 2 aromatic rings. The average Bonchev–Trinajstić information content (AvgIpc) is 2.90. The summed E-state index contributed by atoms with van der Waals surface area (Å²) in [4.78, 5) is 24.9. The Hall–Kier alpha value is -1.75. The molecule has 3 N–H and O–H groups in total. The largest absolute Gasteiger partial charge is 1.00 e. The van der Waals surface area contributed by atoms with Crippen molar-refractivity contribution < 1.29 is 38.7 Å². The zero-order chi connectivity index (χ0) is 26.6. The number of benzene rings is 2. The van der Waals surface area contributed by atoms with E-state index in [-0.39, 0.29) is 31.5 Å². The van der Waals surface area contributed by atoms with Crippen LogP contribution in [0.2, 0.25) is 0 Å². The number of aliphatic hydroxyl groups is 1. The van der Waals surface area contributed by atoms with Crippen LogP contribution < -0.4 is 34.6 Å². The van der Waals surface area contributed by atoms with E-state index < -0.39 is 17.9 Å². The number of amides is 1. The van der Waals surface area contributed by atoms with Crippen molar-refractivity contribution >= 4 is 23.6 Å². The predicted molar refractivity (Wildman–Crippen MR) is 149 cm³/mol. The van der Waals surface area contributed by atoms with Crippen molar-refractivity contribution in [1.29, 1.82) is 0 Å². The molecule has 0 radical (unpaired) electrons. The standard InChI is InChI=1S/C30H42N2O4S.Li/c1-21-8-6-7-11-25(21)27-19-23(20-31-24(14-16-33)18-22-9-4-3-5-10-22)12-13-26(27)29(34)32-28(30(35)36)15-17-37-2;/h6-8,11-13,19,22,24,28,31,33H,3-5,9-10,14-18,20H2,1-2H3,(H,32,34)(H,35,36);/q;+1/p-1. The maximum atomic E-state index is 13.3. The van der Waals surface area contributed by atoms with E-state index in [0.29, 0.717) is 30.2 Å². The summed E-state index contributed by atoms with van der Waals surface area (Å²) in [7, 11) is 0. The summed E-state index contributed by atoms with van der Waals surface area (Å²) in [6.45, 7) is 2.80. The Morgan fingerprint density at radius 3 is 2.47 bits per heavy atom. The van der Waals surface area contributed by atoms with E-state index in [1.54, 1.807) is 6.07 Å². The van der Waals surface area contributed by atoms with Crippen molar-refractivity contribution in [2.45, 2.75) is 76.9 Å². The molecule has 38 heavy (non-hydrogen) atoms. The number of aliphatic carboxylic acids is 1. The van der Waals surface area contributed by atoms with E-state index >= 15 is 0 Å². The zero-order valence-electron chi connectivity index (χ0n) is 23.1. The third-order valence-corrected chi connectivity index (χ3v) is 8.02. The molecule has 6 nitrogen and oxygen atoms in total. The molecule has 2 aromatic carbocycles. The Bertz CT molecular complexity index is 1030. The molecule has 1 saturated carbocycles.